The fourth-order valence-corrected chi connectivity index (χ4v) is 3.42. The Balaban J connectivity index is 1.70. The molecule has 0 radical (unpaired) electrons. The summed E-state index contributed by atoms with van der Waals surface area (Å²) in [5.74, 6) is 0.157. The van der Waals surface area contributed by atoms with Gasteiger partial charge in [-0.05, 0) is 47.7 Å². The maximum absolute atomic E-state index is 12.2. The van der Waals surface area contributed by atoms with Gasteiger partial charge in [0.1, 0.15) is 5.92 Å². The van der Waals surface area contributed by atoms with Crippen LogP contribution in [0.1, 0.15) is 30.4 Å². The number of hydrogen-bond acceptors (Lipinski definition) is 5. The number of Topliss-reactive ketones (excluding diaryl/α,β-unsaturated/α-hetero) is 1. The average molecular weight is 338 g/mol. The van der Waals surface area contributed by atoms with Crippen molar-refractivity contribution < 1.29 is 23.8 Å². The van der Waals surface area contributed by atoms with E-state index in [0.717, 1.165) is 33.8 Å². The lowest BCUT2D eigenvalue weighted by Gasteiger charge is -2.23. The number of fused-ring (bicyclic) bond motifs is 2. The molecule has 0 fully saturated rings. The number of rotatable bonds is 3. The highest BCUT2D eigenvalue weighted by Crippen LogP contribution is 2.38. The standard InChI is InChI=1S/C20H18O5/c1-2-23-20(22)19-15-6-3-12(9-14(15)4-7-16(19)21)13-5-8-17-18(10-13)25-11-24-17/h3,5-6,8-10,19H,2,4,7,11H2,1H3. The summed E-state index contributed by atoms with van der Waals surface area (Å²) in [6.45, 7) is 2.26. The number of aryl methyl sites for hydroxylation is 1. The van der Waals surface area contributed by atoms with Crippen molar-refractivity contribution in [3.8, 4) is 22.6 Å². The molecule has 0 bridgehead atoms. The van der Waals surface area contributed by atoms with Gasteiger partial charge in [-0.1, -0.05) is 24.3 Å². The normalized spacial score (nSPS) is 18.0. The summed E-state index contributed by atoms with van der Waals surface area (Å²) < 4.78 is 15.9. The molecule has 0 spiro atoms. The third-order valence-electron chi connectivity index (χ3n) is 4.64. The zero-order valence-corrected chi connectivity index (χ0v) is 13.9. The van der Waals surface area contributed by atoms with E-state index in [4.69, 9.17) is 14.2 Å². The molecule has 0 N–H and O–H groups in total. The smallest absolute Gasteiger partial charge is 0.321 e. The molecule has 1 heterocycles. The number of hydrogen-bond donors (Lipinski definition) is 0. The lowest BCUT2D eigenvalue weighted by atomic mass is 9.80. The zero-order valence-electron chi connectivity index (χ0n) is 13.9. The predicted octanol–water partition coefficient (Wildman–Crippen LogP) is 3.24. The SMILES string of the molecule is CCOC(=O)C1C(=O)CCc2cc(-c3ccc4c(c3)OCO4)ccc21. The summed E-state index contributed by atoms with van der Waals surface area (Å²) >= 11 is 0. The van der Waals surface area contributed by atoms with E-state index >= 15 is 0 Å². The largest absolute Gasteiger partial charge is 0.465 e. The second-order valence-corrected chi connectivity index (χ2v) is 6.13. The third-order valence-corrected chi connectivity index (χ3v) is 4.64. The fourth-order valence-electron chi connectivity index (χ4n) is 3.42. The second-order valence-electron chi connectivity index (χ2n) is 6.13. The van der Waals surface area contributed by atoms with Crippen LogP contribution in [0.4, 0.5) is 0 Å². The van der Waals surface area contributed by atoms with Crippen molar-refractivity contribution in [1.82, 2.24) is 0 Å². The lowest BCUT2D eigenvalue weighted by molar-refractivity contribution is -0.148. The topological polar surface area (TPSA) is 61.8 Å². The van der Waals surface area contributed by atoms with E-state index < -0.39 is 11.9 Å². The summed E-state index contributed by atoms with van der Waals surface area (Å²) in [7, 11) is 0. The van der Waals surface area contributed by atoms with Crippen LogP contribution in [-0.4, -0.2) is 25.2 Å². The molecule has 2 aromatic rings. The first kappa shape index (κ1) is 15.7. The van der Waals surface area contributed by atoms with Crippen molar-refractivity contribution in [2.75, 3.05) is 13.4 Å². The number of esters is 1. The van der Waals surface area contributed by atoms with Crippen LogP contribution in [-0.2, 0) is 20.7 Å². The molecule has 0 amide bonds. The molecule has 1 unspecified atom stereocenters. The van der Waals surface area contributed by atoms with E-state index in [1.807, 2.05) is 36.4 Å². The van der Waals surface area contributed by atoms with Crippen molar-refractivity contribution in [2.24, 2.45) is 0 Å². The number of ketones is 1. The van der Waals surface area contributed by atoms with Crippen LogP contribution in [0.3, 0.4) is 0 Å². The van der Waals surface area contributed by atoms with Crippen LogP contribution in [0.25, 0.3) is 11.1 Å². The summed E-state index contributed by atoms with van der Waals surface area (Å²) in [4.78, 5) is 24.4. The first-order chi connectivity index (χ1) is 12.2. The summed E-state index contributed by atoms with van der Waals surface area (Å²) in [5, 5.41) is 0. The van der Waals surface area contributed by atoms with Crippen molar-refractivity contribution in [1.29, 1.82) is 0 Å². The van der Waals surface area contributed by atoms with E-state index in [-0.39, 0.29) is 19.2 Å². The minimum atomic E-state index is -0.797. The average Bonchev–Trinajstić information content (AvgIpc) is 3.09. The molecule has 5 nitrogen and oxygen atoms in total. The van der Waals surface area contributed by atoms with Gasteiger partial charge in [-0.2, -0.15) is 0 Å². The Morgan fingerprint density at radius 2 is 1.84 bits per heavy atom. The van der Waals surface area contributed by atoms with Gasteiger partial charge in [-0.15, -0.1) is 0 Å². The van der Waals surface area contributed by atoms with Gasteiger partial charge in [0.25, 0.3) is 0 Å². The van der Waals surface area contributed by atoms with E-state index in [1.54, 1.807) is 6.92 Å². The molecule has 0 saturated heterocycles. The van der Waals surface area contributed by atoms with E-state index in [0.29, 0.717) is 12.8 Å². The van der Waals surface area contributed by atoms with Crippen LogP contribution in [0.5, 0.6) is 11.5 Å². The van der Waals surface area contributed by atoms with Gasteiger partial charge in [-0.3, -0.25) is 9.59 Å². The Kier molecular flexibility index (Phi) is 3.92. The van der Waals surface area contributed by atoms with Crippen LogP contribution >= 0.6 is 0 Å². The Labute approximate surface area is 145 Å². The van der Waals surface area contributed by atoms with Gasteiger partial charge in [-0.25, -0.2) is 0 Å². The monoisotopic (exact) mass is 338 g/mol. The fraction of sp³-hybridized carbons (Fsp3) is 0.300. The maximum Gasteiger partial charge on any atom is 0.321 e. The lowest BCUT2D eigenvalue weighted by Crippen LogP contribution is -2.29. The van der Waals surface area contributed by atoms with Gasteiger partial charge in [0.05, 0.1) is 6.61 Å². The summed E-state index contributed by atoms with van der Waals surface area (Å²) in [6, 6.07) is 11.7. The highest BCUT2D eigenvalue weighted by atomic mass is 16.7. The van der Waals surface area contributed by atoms with Gasteiger partial charge in [0.15, 0.2) is 17.3 Å². The molecule has 0 aromatic heterocycles. The highest BCUT2D eigenvalue weighted by molar-refractivity contribution is 6.06. The first-order valence-corrected chi connectivity index (χ1v) is 8.39. The molecule has 2 aromatic carbocycles. The molecule has 1 atom stereocenters. The molecule has 2 aliphatic rings. The first-order valence-electron chi connectivity index (χ1n) is 8.39. The Morgan fingerprint density at radius 3 is 2.68 bits per heavy atom. The van der Waals surface area contributed by atoms with Crippen LogP contribution in [0.15, 0.2) is 36.4 Å². The molecule has 1 aliphatic carbocycles. The van der Waals surface area contributed by atoms with E-state index in [2.05, 4.69) is 0 Å². The molecular weight excluding hydrogens is 320 g/mol. The molecule has 128 valence electrons. The Bertz CT molecular complexity index is 855. The Morgan fingerprint density at radius 1 is 1.08 bits per heavy atom. The van der Waals surface area contributed by atoms with Crippen LogP contribution in [0, 0.1) is 0 Å². The quantitative estimate of drug-likeness (QED) is 0.635. The number of carbonyl (C=O) groups excluding carboxylic acids is 2. The summed E-state index contributed by atoms with van der Waals surface area (Å²) in [5.41, 5.74) is 3.82. The second kappa shape index (κ2) is 6.24. The van der Waals surface area contributed by atoms with Crippen molar-refractivity contribution in [3.05, 3.63) is 47.5 Å². The number of carbonyl (C=O) groups is 2. The molecule has 0 saturated carbocycles. The minimum Gasteiger partial charge on any atom is -0.465 e. The summed E-state index contributed by atoms with van der Waals surface area (Å²) in [6.07, 6.45) is 1.00. The number of benzene rings is 2. The maximum atomic E-state index is 12.2. The molecular formula is C20H18O5. The Hall–Kier alpha value is -2.82. The molecule has 25 heavy (non-hydrogen) atoms. The number of ether oxygens (including phenoxy) is 3. The van der Waals surface area contributed by atoms with Crippen molar-refractivity contribution in [3.63, 3.8) is 0 Å². The highest BCUT2D eigenvalue weighted by Gasteiger charge is 2.34. The van der Waals surface area contributed by atoms with Gasteiger partial charge < -0.3 is 14.2 Å². The van der Waals surface area contributed by atoms with Crippen molar-refractivity contribution >= 4 is 11.8 Å². The zero-order chi connectivity index (χ0) is 17.4. The minimum absolute atomic E-state index is 0.0678. The van der Waals surface area contributed by atoms with Crippen LogP contribution in [0.2, 0.25) is 0 Å². The molecule has 1 aliphatic heterocycles. The molecule has 4 rings (SSSR count). The van der Waals surface area contributed by atoms with Crippen molar-refractivity contribution in [2.45, 2.75) is 25.7 Å². The van der Waals surface area contributed by atoms with Gasteiger partial charge in [0.2, 0.25) is 6.79 Å². The van der Waals surface area contributed by atoms with E-state index in [9.17, 15) is 9.59 Å². The van der Waals surface area contributed by atoms with Gasteiger partial charge in [0, 0.05) is 6.42 Å². The van der Waals surface area contributed by atoms with E-state index in [1.165, 1.54) is 0 Å². The van der Waals surface area contributed by atoms with Gasteiger partial charge >= 0.3 is 5.97 Å². The van der Waals surface area contributed by atoms with Crippen LogP contribution < -0.4 is 9.47 Å². The predicted molar refractivity (Wildman–Crippen MR) is 90.7 cm³/mol. The third kappa shape index (κ3) is 2.76. The molecule has 5 heteroatoms.